The number of aromatic nitrogens is 2. The van der Waals surface area contributed by atoms with Crippen LogP contribution in [0.5, 0.6) is 0 Å². The number of Topliss-reactive ketones (excluding diaryl/α,β-unsaturated/α-hetero) is 1. The lowest BCUT2D eigenvalue weighted by molar-refractivity contribution is -0.119. The summed E-state index contributed by atoms with van der Waals surface area (Å²) in [6.07, 6.45) is -0.0247. The highest BCUT2D eigenvalue weighted by atomic mass is 16.1. The maximum absolute atomic E-state index is 11.4. The minimum absolute atomic E-state index is 0.0247. The van der Waals surface area contributed by atoms with Gasteiger partial charge in [-0.2, -0.15) is 5.26 Å². The minimum atomic E-state index is -0.0523. The number of rotatable bonds is 5. The van der Waals surface area contributed by atoms with Gasteiger partial charge in [0.2, 0.25) is 0 Å². The third kappa shape index (κ3) is 3.39. The highest BCUT2D eigenvalue weighted by Gasteiger charge is 2.08. The van der Waals surface area contributed by atoms with Gasteiger partial charge >= 0.3 is 0 Å². The Morgan fingerprint density at radius 2 is 2.32 bits per heavy atom. The topological polar surface area (TPSA) is 72.8 Å². The van der Waals surface area contributed by atoms with Crippen LogP contribution < -0.4 is 0 Å². The van der Waals surface area contributed by atoms with Gasteiger partial charge < -0.3 is 4.98 Å². The quantitative estimate of drug-likeness (QED) is 0.885. The van der Waals surface area contributed by atoms with Crippen LogP contribution in [-0.2, 0) is 11.3 Å². The first-order chi connectivity index (χ1) is 9.08. The number of hydrogen-bond donors (Lipinski definition) is 1. The van der Waals surface area contributed by atoms with Crippen LogP contribution >= 0.6 is 0 Å². The van der Waals surface area contributed by atoms with Crippen LogP contribution in [0.1, 0.15) is 17.8 Å². The molecule has 0 spiro atoms. The van der Waals surface area contributed by atoms with E-state index in [1.807, 2.05) is 43.1 Å². The number of H-pyrrole nitrogens is 1. The molecule has 0 aliphatic rings. The van der Waals surface area contributed by atoms with E-state index >= 15 is 0 Å². The number of imidazole rings is 1. The Morgan fingerprint density at radius 1 is 1.53 bits per heavy atom. The number of nitrogens with one attached hydrogen (secondary N) is 1. The zero-order chi connectivity index (χ0) is 13.8. The van der Waals surface area contributed by atoms with Crippen molar-refractivity contribution in [3.63, 3.8) is 0 Å². The molecule has 0 aliphatic heterocycles. The van der Waals surface area contributed by atoms with Gasteiger partial charge in [-0.1, -0.05) is 6.07 Å². The molecule has 0 saturated carbocycles. The Morgan fingerprint density at radius 3 is 3.05 bits per heavy atom. The average Bonchev–Trinajstić information content (AvgIpc) is 2.68. The molecular weight excluding hydrogens is 240 g/mol. The van der Waals surface area contributed by atoms with Crippen molar-refractivity contribution in [2.75, 3.05) is 13.6 Å². The molecule has 19 heavy (non-hydrogen) atoms. The van der Waals surface area contributed by atoms with Crippen molar-refractivity contribution in [2.24, 2.45) is 0 Å². The number of fused-ring (bicyclic) bond motifs is 1. The van der Waals surface area contributed by atoms with Crippen molar-refractivity contribution < 1.29 is 4.79 Å². The van der Waals surface area contributed by atoms with Gasteiger partial charge in [0.1, 0.15) is 5.82 Å². The van der Waals surface area contributed by atoms with E-state index in [0.29, 0.717) is 13.1 Å². The van der Waals surface area contributed by atoms with Gasteiger partial charge in [0.15, 0.2) is 5.78 Å². The molecule has 98 valence electrons. The summed E-state index contributed by atoms with van der Waals surface area (Å²) in [7, 11) is 1.87. The van der Waals surface area contributed by atoms with Gasteiger partial charge in [0, 0.05) is 6.54 Å². The Bertz CT molecular complexity index is 638. The predicted octanol–water partition coefficient (Wildman–Crippen LogP) is 1.79. The van der Waals surface area contributed by atoms with Crippen LogP contribution in [0, 0.1) is 18.3 Å². The maximum Gasteiger partial charge on any atom is 0.160 e. The summed E-state index contributed by atoms with van der Waals surface area (Å²) >= 11 is 0. The first-order valence-electron chi connectivity index (χ1n) is 6.11. The lowest BCUT2D eigenvalue weighted by atomic mass is 10.2. The fourth-order valence-electron chi connectivity index (χ4n) is 2.10. The number of likely N-dealkylation sites (N-methyl/N-ethyl adjacent to an activating group) is 1. The Kier molecular flexibility index (Phi) is 3.93. The second kappa shape index (κ2) is 5.63. The molecular formula is C14H16N4O. The summed E-state index contributed by atoms with van der Waals surface area (Å²) in [6, 6.07) is 7.90. The van der Waals surface area contributed by atoms with Crippen molar-refractivity contribution in [3.05, 3.63) is 29.6 Å². The smallest absolute Gasteiger partial charge is 0.160 e. The molecule has 0 saturated heterocycles. The summed E-state index contributed by atoms with van der Waals surface area (Å²) in [5.41, 5.74) is 3.07. The van der Waals surface area contributed by atoms with Crippen molar-refractivity contribution in [1.29, 1.82) is 5.26 Å². The van der Waals surface area contributed by atoms with E-state index in [9.17, 15) is 4.79 Å². The first-order valence-corrected chi connectivity index (χ1v) is 6.11. The SMILES string of the molecule is Cc1nc2ccc(CN(C)CC(=O)CC#N)cc2[nH]1. The van der Waals surface area contributed by atoms with E-state index < -0.39 is 0 Å². The molecule has 1 heterocycles. The van der Waals surface area contributed by atoms with Crippen molar-refractivity contribution in [2.45, 2.75) is 19.9 Å². The number of nitrogens with zero attached hydrogens (tertiary/aromatic N) is 3. The number of aromatic amines is 1. The summed E-state index contributed by atoms with van der Waals surface area (Å²) < 4.78 is 0. The summed E-state index contributed by atoms with van der Waals surface area (Å²) in [5.74, 6) is 0.841. The van der Waals surface area contributed by atoms with Crippen LogP contribution in [-0.4, -0.2) is 34.2 Å². The standard InChI is InChI=1S/C14H16N4O/c1-10-16-13-4-3-11(7-14(13)17-10)8-18(2)9-12(19)5-6-15/h3-4,7H,5,8-9H2,1-2H3,(H,16,17). The van der Waals surface area contributed by atoms with E-state index in [4.69, 9.17) is 5.26 Å². The first kappa shape index (κ1) is 13.2. The highest BCUT2D eigenvalue weighted by Crippen LogP contribution is 2.14. The third-order valence-electron chi connectivity index (χ3n) is 2.84. The number of ketones is 1. The van der Waals surface area contributed by atoms with Gasteiger partial charge in [-0.25, -0.2) is 4.98 Å². The fourth-order valence-corrected chi connectivity index (χ4v) is 2.10. The van der Waals surface area contributed by atoms with Gasteiger partial charge in [0.25, 0.3) is 0 Å². The predicted molar refractivity (Wildman–Crippen MR) is 72.4 cm³/mol. The molecule has 0 fully saturated rings. The Hall–Kier alpha value is -2.19. The lowest BCUT2D eigenvalue weighted by Gasteiger charge is -2.14. The monoisotopic (exact) mass is 256 g/mol. The van der Waals surface area contributed by atoms with Crippen LogP contribution in [0.2, 0.25) is 0 Å². The average molecular weight is 256 g/mol. The molecule has 5 heteroatoms. The second-order valence-corrected chi connectivity index (χ2v) is 4.72. The molecule has 0 amide bonds. The van der Waals surface area contributed by atoms with E-state index in [0.717, 1.165) is 22.4 Å². The molecule has 0 bridgehead atoms. The fraction of sp³-hybridized carbons (Fsp3) is 0.357. The van der Waals surface area contributed by atoms with Crippen LogP contribution in [0.25, 0.3) is 11.0 Å². The highest BCUT2D eigenvalue weighted by molar-refractivity contribution is 5.82. The second-order valence-electron chi connectivity index (χ2n) is 4.72. The Balaban J connectivity index is 2.04. The number of carbonyl (C=O) groups excluding carboxylic acids is 1. The molecule has 0 radical (unpaired) electrons. The largest absolute Gasteiger partial charge is 0.342 e. The molecule has 0 atom stereocenters. The number of benzene rings is 1. The normalized spacial score (nSPS) is 10.8. The van der Waals surface area contributed by atoms with Crippen LogP contribution in [0.3, 0.4) is 0 Å². The van der Waals surface area contributed by atoms with Crippen LogP contribution in [0.15, 0.2) is 18.2 Å². The number of nitriles is 1. The zero-order valence-corrected chi connectivity index (χ0v) is 11.1. The van der Waals surface area contributed by atoms with E-state index in [2.05, 4.69) is 9.97 Å². The van der Waals surface area contributed by atoms with Gasteiger partial charge in [0.05, 0.1) is 30.1 Å². The van der Waals surface area contributed by atoms with Gasteiger partial charge in [-0.3, -0.25) is 9.69 Å². The zero-order valence-electron chi connectivity index (χ0n) is 11.1. The van der Waals surface area contributed by atoms with Gasteiger partial charge in [-0.05, 0) is 31.7 Å². The number of hydrogen-bond acceptors (Lipinski definition) is 4. The summed E-state index contributed by atoms with van der Waals surface area (Å²) in [5, 5.41) is 8.46. The third-order valence-corrected chi connectivity index (χ3v) is 2.84. The minimum Gasteiger partial charge on any atom is -0.342 e. The summed E-state index contributed by atoms with van der Waals surface area (Å²) in [6.45, 7) is 2.89. The lowest BCUT2D eigenvalue weighted by Crippen LogP contribution is -2.25. The maximum atomic E-state index is 11.4. The molecule has 0 unspecified atom stereocenters. The van der Waals surface area contributed by atoms with Crippen LogP contribution in [0.4, 0.5) is 0 Å². The van der Waals surface area contributed by atoms with E-state index in [1.165, 1.54) is 0 Å². The van der Waals surface area contributed by atoms with Crippen molar-refractivity contribution in [3.8, 4) is 6.07 Å². The van der Waals surface area contributed by atoms with E-state index in [-0.39, 0.29) is 12.2 Å². The van der Waals surface area contributed by atoms with Crippen molar-refractivity contribution >= 4 is 16.8 Å². The summed E-state index contributed by atoms with van der Waals surface area (Å²) in [4.78, 5) is 20.8. The number of carbonyl (C=O) groups is 1. The van der Waals surface area contributed by atoms with Gasteiger partial charge in [-0.15, -0.1) is 0 Å². The van der Waals surface area contributed by atoms with E-state index in [1.54, 1.807) is 0 Å². The molecule has 1 aromatic carbocycles. The van der Waals surface area contributed by atoms with Crippen molar-refractivity contribution in [1.82, 2.24) is 14.9 Å². The molecule has 0 aliphatic carbocycles. The molecule has 2 rings (SSSR count). The number of aryl methyl sites for hydroxylation is 1. The Labute approximate surface area is 111 Å². The molecule has 2 aromatic rings. The molecule has 1 aromatic heterocycles. The molecule has 5 nitrogen and oxygen atoms in total. The molecule has 1 N–H and O–H groups in total.